The molecule has 0 bridgehead atoms. The first-order valence-electron chi connectivity index (χ1n) is 8.48. The third kappa shape index (κ3) is 3.59. The molecule has 8 nitrogen and oxygen atoms in total. The number of hydrogen-bond acceptors (Lipinski definition) is 7. The van der Waals surface area contributed by atoms with E-state index in [0.717, 1.165) is 43.1 Å². The number of ether oxygens (including phenoxy) is 1. The Morgan fingerprint density at radius 3 is 2.88 bits per heavy atom. The van der Waals surface area contributed by atoms with Crippen LogP contribution < -0.4 is 15.5 Å². The molecule has 1 amide bonds. The molecule has 2 N–H and O–H groups in total. The summed E-state index contributed by atoms with van der Waals surface area (Å²) in [6.45, 7) is 4.10. The van der Waals surface area contributed by atoms with E-state index in [9.17, 15) is 4.79 Å². The number of amides is 1. The summed E-state index contributed by atoms with van der Waals surface area (Å²) in [5, 5.41) is 6.67. The Kier molecular flexibility index (Phi) is 5.47. The highest BCUT2D eigenvalue weighted by Gasteiger charge is 2.32. The zero-order valence-electron chi connectivity index (χ0n) is 14.4. The maximum Gasteiger partial charge on any atom is 0.242 e. The lowest BCUT2D eigenvalue weighted by Gasteiger charge is -2.34. The number of anilines is 2. The fourth-order valence-electron chi connectivity index (χ4n) is 3.38. The number of nitrogens with one attached hydrogen (secondary N) is 2. The van der Waals surface area contributed by atoms with Gasteiger partial charge in [0.15, 0.2) is 0 Å². The summed E-state index contributed by atoms with van der Waals surface area (Å²) < 4.78 is 5.10. The fraction of sp³-hybridized carbons (Fsp3) is 0.688. The molecule has 24 heavy (non-hydrogen) atoms. The summed E-state index contributed by atoms with van der Waals surface area (Å²) in [6.07, 6.45) is 3.53. The van der Waals surface area contributed by atoms with E-state index in [4.69, 9.17) is 4.74 Å². The summed E-state index contributed by atoms with van der Waals surface area (Å²) in [5.74, 6) is 1.78. The predicted molar refractivity (Wildman–Crippen MR) is 92.1 cm³/mol. The Balaban J connectivity index is 1.87. The smallest absolute Gasteiger partial charge is 0.242 e. The molecule has 1 saturated heterocycles. The van der Waals surface area contributed by atoms with Gasteiger partial charge < -0.3 is 25.2 Å². The zero-order chi connectivity index (χ0) is 16.9. The van der Waals surface area contributed by atoms with Crippen LogP contribution in [0, 0.1) is 0 Å². The summed E-state index contributed by atoms with van der Waals surface area (Å²) in [4.78, 5) is 25.5. The number of aromatic nitrogens is 2. The molecular weight excluding hydrogens is 308 g/mol. The van der Waals surface area contributed by atoms with Gasteiger partial charge in [-0.1, -0.05) is 0 Å². The van der Waals surface area contributed by atoms with Crippen LogP contribution in [-0.2, 0) is 16.1 Å². The normalized spacial score (nSPS) is 19.2. The van der Waals surface area contributed by atoms with Gasteiger partial charge in [-0.05, 0) is 25.9 Å². The van der Waals surface area contributed by atoms with Crippen LogP contribution in [0.4, 0.5) is 11.6 Å². The van der Waals surface area contributed by atoms with E-state index in [1.165, 1.54) is 0 Å². The van der Waals surface area contributed by atoms with Crippen molar-refractivity contribution in [1.29, 1.82) is 0 Å². The molecule has 1 aromatic heterocycles. The number of carbonyl (C=O) groups excluding carboxylic acids is 1. The second-order valence-corrected chi connectivity index (χ2v) is 6.30. The molecule has 1 aromatic rings. The van der Waals surface area contributed by atoms with Gasteiger partial charge in [-0.25, -0.2) is 9.97 Å². The van der Waals surface area contributed by atoms with Crippen molar-refractivity contribution >= 4 is 17.5 Å². The molecule has 3 heterocycles. The van der Waals surface area contributed by atoms with E-state index in [2.05, 4.69) is 20.6 Å². The van der Waals surface area contributed by atoms with Gasteiger partial charge in [-0.15, -0.1) is 0 Å². The van der Waals surface area contributed by atoms with Crippen LogP contribution in [0.25, 0.3) is 0 Å². The van der Waals surface area contributed by atoms with E-state index in [-0.39, 0.29) is 11.9 Å². The number of methoxy groups -OCH3 is 1. The molecule has 2 aliphatic rings. The van der Waals surface area contributed by atoms with Gasteiger partial charge in [-0.2, -0.15) is 0 Å². The summed E-state index contributed by atoms with van der Waals surface area (Å²) >= 11 is 0. The summed E-state index contributed by atoms with van der Waals surface area (Å²) in [6, 6.07) is 0.283. The van der Waals surface area contributed by atoms with Gasteiger partial charge in [0.05, 0.1) is 25.3 Å². The Bertz CT molecular complexity index is 576. The largest absolute Gasteiger partial charge is 0.383 e. The minimum Gasteiger partial charge on any atom is -0.383 e. The van der Waals surface area contributed by atoms with Crippen LogP contribution >= 0.6 is 0 Å². The number of carbonyl (C=O) groups is 1. The summed E-state index contributed by atoms with van der Waals surface area (Å²) in [7, 11) is 3.59. The number of piperidine rings is 1. The third-order valence-corrected chi connectivity index (χ3v) is 4.65. The van der Waals surface area contributed by atoms with Crippen LogP contribution in [0.5, 0.6) is 0 Å². The molecule has 0 atom stereocenters. The van der Waals surface area contributed by atoms with Gasteiger partial charge in [0.1, 0.15) is 18.0 Å². The number of hydrogen-bond donors (Lipinski definition) is 2. The lowest BCUT2D eigenvalue weighted by atomic mass is 10.0. The molecule has 0 unspecified atom stereocenters. The minimum absolute atomic E-state index is 0.158. The van der Waals surface area contributed by atoms with Crippen LogP contribution in [0.2, 0.25) is 0 Å². The van der Waals surface area contributed by atoms with Crippen molar-refractivity contribution in [1.82, 2.24) is 20.2 Å². The molecule has 0 radical (unpaired) electrons. The standard InChI is InChI=1S/C16H26N6O2/c1-21-10-14(23)22(12-3-5-17-6-4-12)9-13-15(18-7-8-24-2)19-11-20-16(13)21/h11-12,17H,3-10H2,1-2H3,(H,18,19,20). The first-order valence-corrected chi connectivity index (χ1v) is 8.48. The van der Waals surface area contributed by atoms with E-state index < -0.39 is 0 Å². The SMILES string of the molecule is COCCNc1ncnc2c1CN(C1CCNCC1)C(=O)CN2C. The van der Waals surface area contributed by atoms with Crippen molar-refractivity contribution < 1.29 is 9.53 Å². The first kappa shape index (κ1) is 16.9. The van der Waals surface area contributed by atoms with Gasteiger partial charge in [-0.3, -0.25) is 4.79 Å². The lowest BCUT2D eigenvalue weighted by Crippen LogP contribution is -2.47. The highest BCUT2D eigenvalue weighted by atomic mass is 16.5. The quantitative estimate of drug-likeness (QED) is 0.737. The average molecular weight is 334 g/mol. The van der Waals surface area contributed by atoms with Crippen LogP contribution in [-0.4, -0.2) is 73.8 Å². The molecule has 0 aliphatic carbocycles. The molecule has 0 spiro atoms. The molecule has 0 aromatic carbocycles. The highest BCUT2D eigenvalue weighted by Crippen LogP contribution is 2.29. The minimum atomic E-state index is 0.158. The second-order valence-electron chi connectivity index (χ2n) is 6.30. The Labute approximate surface area is 142 Å². The molecule has 8 heteroatoms. The van der Waals surface area contributed by atoms with E-state index >= 15 is 0 Å². The van der Waals surface area contributed by atoms with Gasteiger partial charge >= 0.3 is 0 Å². The lowest BCUT2D eigenvalue weighted by molar-refractivity contribution is -0.133. The molecule has 3 rings (SSSR count). The van der Waals surface area contributed by atoms with Crippen molar-refractivity contribution in [2.45, 2.75) is 25.4 Å². The topological polar surface area (TPSA) is 82.6 Å². The van der Waals surface area contributed by atoms with Crippen molar-refractivity contribution in [3.05, 3.63) is 11.9 Å². The van der Waals surface area contributed by atoms with Crippen LogP contribution in [0.1, 0.15) is 18.4 Å². The monoisotopic (exact) mass is 334 g/mol. The highest BCUT2D eigenvalue weighted by molar-refractivity contribution is 5.83. The van der Waals surface area contributed by atoms with Crippen molar-refractivity contribution in [2.75, 3.05) is 57.2 Å². The van der Waals surface area contributed by atoms with Crippen molar-refractivity contribution in [3.8, 4) is 0 Å². The molecule has 2 aliphatic heterocycles. The van der Waals surface area contributed by atoms with E-state index in [1.807, 2.05) is 16.8 Å². The summed E-state index contributed by atoms with van der Waals surface area (Å²) in [5.41, 5.74) is 0.987. The predicted octanol–water partition coefficient (Wildman–Crippen LogP) is 0.0653. The average Bonchev–Trinajstić information content (AvgIpc) is 2.73. The number of likely N-dealkylation sites (N-methyl/N-ethyl adjacent to an activating group) is 1. The molecule has 132 valence electrons. The van der Waals surface area contributed by atoms with Crippen LogP contribution in [0.3, 0.4) is 0 Å². The van der Waals surface area contributed by atoms with Crippen molar-refractivity contribution in [3.63, 3.8) is 0 Å². The molecular formula is C16H26N6O2. The Morgan fingerprint density at radius 1 is 1.33 bits per heavy atom. The Morgan fingerprint density at radius 2 is 2.12 bits per heavy atom. The maximum absolute atomic E-state index is 12.7. The van der Waals surface area contributed by atoms with Crippen molar-refractivity contribution in [2.24, 2.45) is 0 Å². The fourth-order valence-corrected chi connectivity index (χ4v) is 3.38. The van der Waals surface area contributed by atoms with Gasteiger partial charge in [0.2, 0.25) is 5.91 Å². The first-order chi connectivity index (χ1) is 11.7. The van der Waals surface area contributed by atoms with E-state index in [1.54, 1.807) is 13.4 Å². The van der Waals surface area contributed by atoms with Gasteiger partial charge in [0.25, 0.3) is 0 Å². The number of rotatable bonds is 5. The Hall–Kier alpha value is -1.93. The third-order valence-electron chi connectivity index (χ3n) is 4.65. The zero-order valence-corrected chi connectivity index (χ0v) is 14.4. The second kappa shape index (κ2) is 7.76. The van der Waals surface area contributed by atoms with Crippen LogP contribution in [0.15, 0.2) is 6.33 Å². The maximum atomic E-state index is 12.7. The number of nitrogens with zero attached hydrogens (tertiary/aromatic N) is 4. The van der Waals surface area contributed by atoms with Gasteiger partial charge in [0, 0.05) is 26.7 Å². The van der Waals surface area contributed by atoms with E-state index in [0.29, 0.717) is 26.2 Å². The molecule has 0 saturated carbocycles. The number of fused-ring (bicyclic) bond motifs is 1. The molecule has 1 fully saturated rings.